The Kier molecular flexibility index (Phi) is 7.58. The van der Waals surface area contributed by atoms with Gasteiger partial charge in [0.05, 0.1) is 30.6 Å². The minimum Gasteiger partial charge on any atom is -0.480 e. The third-order valence-electron chi connectivity index (χ3n) is 5.87. The highest BCUT2D eigenvalue weighted by Gasteiger charge is 2.18. The zero-order valence-corrected chi connectivity index (χ0v) is 20.2. The molecule has 0 bridgehead atoms. The maximum absolute atomic E-state index is 12.7. The van der Waals surface area contributed by atoms with E-state index in [0.29, 0.717) is 23.9 Å². The number of para-hydroxylation sites is 1. The summed E-state index contributed by atoms with van der Waals surface area (Å²) in [6.07, 6.45) is 5.12. The van der Waals surface area contributed by atoms with Crippen LogP contribution >= 0.6 is 0 Å². The van der Waals surface area contributed by atoms with Crippen molar-refractivity contribution in [1.29, 1.82) is 5.41 Å². The number of fused-ring (bicyclic) bond motifs is 1. The van der Waals surface area contributed by atoms with Crippen LogP contribution in [0.5, 0.6) is 0 Å². The minimum atomic E-state index is -0.0441. The van der Waals surface area contributed by atoms with E-state index in [9.17, 15) is 4.79 Å². The number of methoxy groups -OCH3 is 1. The van der Waals surface area contributed by atoms with E-state index in [1.807, 2.05) is 30.5 Å². The fraction of sp³-hybridized carbons (Fsp3) is 0.333. The number of carbonyl (C=O) groups is 1. The summed E-state index contributed by atoms with van der Waals surface area (Å²) in [5.41, 5.74) is 3.53. The molecule has 0 unspecified atom stereocenters. The molecule has 0 atom stereocenters. The molecule has 11 heteroatoms. The predicted molar refractivity (Wildman–Crippen MR) is 137 cm³/mol. The average molecular weight is 478 g/mol. The molecule has 11 nitrogen and oxygen atoms in total. The Morgan fingerprint density at radius 1 is 1.23 bits per heavy atom. The zero-order chi connectivity index (χ0) is 24.8. The molecule has 0 saturated carbocycles. The van der Waals surface area contributed by atoms with Crippen molar-refractivity contribution in [2.45, 2.75) is 0 Å². The number of amides is 1. The van der Waals surface area contributed by atoms with Gasteiger partial charge in [-0.3, -0.25) is 15.1 Å². The van der Waals surface area contributed by atoms with Crippen molar-refractivity contribution in [2.75, 3.05) is 64.6 Å². The number of hydrogen-bond donors (Lipinski definition) is 5. The maximum atomic E-state index is 12.7. The van der Waals surface area contributed by atoms with Crippen LogP contribution in [0.25, 0.3) is 22.2 Å². The second-order valence-electron chi connectivity index (χ2n) is 8.33. The summed E-state index contributed by atoms with van der Waals surface area (Å²) in [5.74, 6) is 0.255. The Labute approximate surface area is 204 Å². The second-order valence-corrected chi connectivity index (χ2v) is 8.33. The molecule has 1 fully saturated rings. The van der Waals surface area contributed by atoms with E-state index < -0.39 is 0 Å². The van der Waals surface area contributed by atoms with Gasteiger partial charge in [0.25, 0.3) is 0 Å². The van der Waals surface area contributed by atoms with Crippen LogP contribution in [0.15, 0.2) is 48.6 Å². The molecule has 1 aliphatic heterocycles. The number of anilines is 2. The lowest BCUT2D eigenvalue weighted by molar-refractivity contribution is -0.117. The van der Waals surface area contributed by atoms with E-state index in [2.05, 4.69) is 47.7 Å². The Bertz CT molecular complexity index is 1230. The van der Waals surface area contributed by atoms with Gasteiger partial charge in [-0.05, 0) is 19.2 Å². The molecule has 0 spiro atoms. The van der Waals surface area contributed by atoms with Crippen molar-refractivity contribution in [1.82, 2.24) is 30.1 Å². The van der Waals surface area contributed by atoms with E-state index >= 15 is 0 Å². The van der Waals surface area contributed by atoms with E-state index in [1.165, 1.54) is 7.11 Å². The number of ether oxygens (including phenoxy) is 1. The number of aromatic nitrogens is 3. The molecule has 1 amide bonds. The number of nitrogens with zero attached hydrogens (tertiary/aromatic N) is 4. The van der Waals surface area contributed by atoms with Crippen LogP contribution in [0, 0.1) is 5.41 Å². The molecule has 1 aliphatic rings. The van der Waals surface area contributed by atoms with Crippen LogP contribution in [0.4, 0.5) is 11.6 Å². The van der Waals surface area contributed by atoms with Gasteiger partial charge >= 0.3 is 0 Å². The topological polar surface area (TPSA) is 134 Å². The molecular formula is C24H31N9O2. The summed E-state index contributed by atoms with van der Waals surface area (Å²) in [4.78, 5) is 29.3. The van der Waals surface area contributed by atoms with Crippen molar-refractivity contribution in [3.63, 3.8) is 0 Å². The Morgan fingerprint density at radius 3 is 2.77 bits per heavy atom. The number of H-pyrrole nitrogens is 1. The van der Waals surface area contributed by atoms with E-state index in [4.69, 9.17) is 10.1 Å². The SMILES string of the molecule is CN/C=C(/Nc1nccc(-c2c[nH]c3c(NC(=O)CN4CCN(C)CC4)cccc23)n1)C(=N)OC. The van der Waals surface area contributed by atoms with Crippen molar-refractivity contribution in [3.05, 3.63) is 48.6 Å². The lowest BCUT2D eigenvalue weighted by Crippen LogP contribution is -2.47. The zero-order valence-electron chi connectivity index (χ0n) is 20.2. The molecular weight excluding hydrogens is 446 g/mol. The molecule has 0 radical (unpaired) electrons. The molecule has 5 N–H and O–H groups in total. The first kappa shape index (κ1) is 24.2. The first-order valence-electron chi connectivity index (χ1n) is 11.4. The van der Waals surface area contributed by atoms with Crippen molar-refractivity contribution in [3.8, 4) is 11.3 Å². The van der Waals surface area contributed by atoms with Gasteiger partial charge in [-0.2, -0.15) is 0 Å². The first-order valence-corrected chi connectivity index (χ1v) is 11.4. The highest BCUT2D eigenvalue weighted by Crippen LogP contribution is 2.31. The molecule has 1 saturated heterocycles. The van der Waals surface area contributed by atoms with Gasteiger partial charge in [0.2, 0.25) is 17.8 Å². The fourth-order valence-corrected chi connectivity index (χ4v) is 3.97. The van der Waals surface area contributed by atoms with Crippen LogP contribution in [0.3, 0.4) is 0 Å². The van der Waals surface area contributed by atoms with Gasteiger partial charge in [-0.1, -0.05) is 12.1 Å². The largest absolute Gasteiger partial charge is 0.480 e. The quantitative estimate of drug-likeness (QED) is 0.245. The van der Waals surface area contributed by atoms with E-state index in [-0.39, 0.29) is 11.8 Å². The van der Waals surface area contributed by atoms with E-state index in [1.54, 1.807) is 19.4 Å². The molecule has 3 heterocycles. The van der Waals surface area contributed by atoms with Gasteiger partial charge < -0.3 is 30.6 Å². The summed E-state index contributed by atoms with van der Waals surface area (Å²) < 4.78 is 5.01. The van der Waals surface area contributed by atoms with Gasteiger partial charge in [-0.15, -0.1) is 0 Å². The van der Waals surface area contributed by atoms with Gasteiger partial charge in [0, 0.05) is 62.8 Å². The number of rotatable bonds is 8. The summed E-state index contributed by atoms with van der Waals surface area (Å²) in [7, 11) is 5.26. The third kappa shape index (κ3) is 5.76. The molecule has 35 heavy (non-hydrogen) atoms. The van der Waals surface area contributed by atoms with Gasteiger partial charge in [0.15, 0.2) is 0 Å². The molecule has 2 aromatic heterocycles. The lowest BCUT2D eigenvalue weighted by Gasteiger charge is -2.31. The van der Waals surface area contributed by atoms with Gasteiger partial charge in [-0.25, -0.2) is 9.97 Å². The molecule has 184 valence electrons. The summed E-state index contributed by atoms with van der Waals surface area (Å²) in [6.45, 7) is 4.09. The first-order chi connectivity index (χ1) is 17.0. The van der Waals surface area contributed by atoms with Gasteiger partial charge in [0.1, 0.15) is 5.70 Å². The monoisotopic (exact) mass is 477 g/mol. The number of carbonyl (C=O) groups excluding carboxylic acids is 1. The molecule has 1 aromatic carbocycles. The Morgan fingerprint density at radius 2 is 2.03 bits per heavy atom. The van der Waals surface area contributed by atoms with Crippen molar-refractivity contribution >= 4 is 34.3 Å². The second kappa shape index (κ2) is 11.0. The number of benzene rings is 1. The minimum absolute atomic E-state index is 0.0313. The standard InChI is InChI=1S/C24H31N9O2/c1-26-14-20(23(25)35-3)31-24-27-8-7-18(30-24)17-13-28-22-16(17)5-4-6-19(22)29-21(34)15-33-11-9-32(2)10-12-33/h4-8,13-14,25-26,28H,9-12,15H2,1-3H3,(H,29,34)(H,27,30,31)/b20-14+,25-23?. The number of hydrogen-bond acceptors (Lipinski definition) is 9. The van der Waals surface area contributed by atoms with Crippen LogP contribution < -0.4 is 16.0 Å². The highest BCUT2D eigenvalue weighted by atomic mass is 16.5. The highest BCUT2D eigenvalue weighted by molar-refractivity contribution is 6.06. The van der Waals surface area contributed by atoms with Crippen LogP contribution in [0.2, 0.25) is 0 Å². The molecule has 3 aromatic rings. The Balaban J connectivity index is 1.53. The molecule has 0 aliphatic carbocycles. The molecule has 4 rings (SSSR count). The summed E-state index contributed by atoms with van der Waals surface area (Å²) in [6, 6.07) is 7.61. The third-order valence-corrected chi connectivity index (χ3v) is 5.87. The van der Waals surface area contributed by atoms with Crippen molar-refractivity contribution in [2.24, 2.45) is 0 Å². The lowest BCUT2D eigenvalue weighted by atomic mass is 10.1. The summed E-state index contributed by atoms with van der Waals surface area (Å²) in [5, 5.41) is 17.8. The predicted octanol–water partition coefficient (Wildman–Crippen LogP) is 1.91. The summed E-state index contributed by atoms with van der Waals surface area (Å²) >= 11 is 0. The fourth-order valence-electron chi connectivity index (χ4n) is 3.97. The number of aromatic amines is 1. The smallest absolute Gasteiger partial charge is 0.238 e. The number of likely N-dealkylation sites (N-methyl/N-ethyl adjacent to an activating group) is 1. The van der Waals surface area contributed by atoms with E-state index in [0.717, 1.165) is 48.3 Å². The van der Waals surface area contributed by atoms with Crippen LogP contribution in [-0.2, 0) is 9.53 Å². The number of piperazine rings is 1. The average Bonchev–Trinajstić information content (AvgIpc) is 3.30. The van der Waals surface area contributed by atoms with Crippen LogP contribution in [0.1, 0.15) is 0 Å². The normalized spacial score (nSPS) is 15.1. The number of nitrogens with one attached hydrogen (secondary N) is 5. The van der Waals surface area contributed by atoms with Crippen molar-refractivity contribution < 1.29 is 9.53 Å². The Hall–Kier alpha value is -3.96. The van der Waals surface area contributed by atoms with Crippen LogP contribution in [-0.4, -0.2) is 90.5 Å². The maximum Gasteiger partial charge on any atom is 0.238 e.